The van der Waals surface area contributed by atoms with Crippen molar-refractivity contribution in [3.05, 3.63) is 0 Å². The summed E-state index contributed by atoms with van der Waals surface area (Å²) >= 11 is 0. The van der Waals surface area contributed by atoms with Gasteiger partial charge in [0, 0.05) is 28.2 Å². The van der Waals surface area contributed by atoms with E-state index in [9.17, 15) is 23.2 Å². The number of amides is 2. The molecule has 2 fully saturated rings. The van der Waals surface area contributed by atoms with Gasteiger partial charge in [0.25, 0.3) is 5.92 Å². The van der Waals surface area contributed by atoms with E-state index in [1.165, 1.54) is 0 Å². The Morgan fingerprint density at radius 1 is 1.57 bits per heavy atom. The monoisotopic (exact) mass is 342 g/mol. The van der Waals surface area contributed by atoms with Crippen molar-refractivity contribution in [2.45, 2.75) is 42.8 Å². The van der Waals surface area contributed by atoms with Gasteiger partial charge < -0.3 is 15.3 Å². The zero-order valence-corrected chi connectivity index (χ0v) is 13.0. The van der Waals surface area contributed by atoms with Crippen molar-refractivity contribution in [2.24, 2.45) is 5.92 Å². The molecule has 2 saturated heterocycles. The summed E-state index contributed by atoms with van der Waals surface area (Å²) < 4.78 is 26.8. The van der Waals surface area contributed by atoms with E-state index in [1.807, 2.05) is 0 Å². The highest BCUT2D eigenvalue weighted by atomic mass is 28.1. The molecule has 0 aromatic heterocycles. The van der Waals surface area contributed by atoms with Crippen LogP contribution in [0.5, 0.6) is 0 Å². The number of carboxylic acid groups (broad SMARTS) is 1. The zero-order chi connectivity index (χ0) is 17.4. The minimum Gasteiger partial charge on any atom is -0.481 e. The van der Waals surface area contributed by atoms with Gasteiger partial charge in [-0.25, -0.2) is 8.78 Å². The van der Waals surface area contributed by atoms with Crippen LogP contribution < -0.4 is 5.32 Å². The van der Waals surface area contributed by atoms with Gasteiger partial charge in [-0.3, -0.25) is 14.4 Å². The molecule has 2 aliphatic heterocycles. The third-order valence-electron chi connectivity index (χ3n) is 4.03. The Balaban J connectivity index is 2.05. The highest BCUT2D eigenvalue weighted by molar-refractivity contribution is 6.24. The Hall–Kier alpha value is -2.02. The van der Waals surface area contributed by atoms with Gasteiger partial charge in [0.2, 0.25) is 11.8 Å². The van der Waals surface area contributed by atoms with Gasteiger partial charge >= 0.3 is 5.97 Å². The first-order chi connectivity index (χ1) is 10.6. The predicted molar refractivity (Wildman–Crippen MR) is 72.5 cm³/mol. The van der Waals surface area contributed by atoms with Crippen LogP contribution in [0.25, 0.3) is 0 Å². The summed E-state index contributed by atoms with van der Waals surface area (Å²) in [6, 6.07) is -0.245. The van der Waals surface area contributed by atoms with Gasteiger partial charge in [-0.05, 0) is 6.42 Å². The molecule has 0 aliphatic carbocycles. The topological polar surface area (TPSA) is 110 Å². The van der Waals surface area contributed by atoms with E-state index in [-0.39, 0.29) is 12.8 Å². The maximum absolute atomic E-state index is 13.4. The third kappa shape index (κ3) is 3.66. The van der Waals surface area contributed by atoms with E-state index in [1.54, 1.807) is 6.07 Å². The molecule has 2 N–H and O–H groups in total. The van der Waals surface area contributed by atoms with E-state index in [0.29, 0.717) is 0 Å². The molecule has 23 heavy (non-hydrogen) atoms. The summed E-state index contributed by atoms with van der Waals surface area (Å²) in [6.07, 6.45) is -0.975. The summed E-state index contributed by atoms with van der Waals surface area (Å²) in [6.45, 7) is -0.843. The summed E-state index contributed by atoms with van der Waals surface area (Å²) in [4.78, 5) is 35.5. The molecule has 123 valence electrons. The van der Waals surface area contributed by atoms with Crippen molar-refractivity contribution >= 4 is 28.0 Å². The lowest BCUT2D eigenvalue weighted by atomic mass is 9.99. The maximum Gasteiger partial charge on any atom is 0.304 e. The second-order valence-electron chi connectivity index (χ2n) is 5.79. The highest BCUT2D eigenvalue weighted by Gasteiger charge is 2.49. The molecule has 10 heteroatoms. The molecule has 2 unspecified atom stereocenters. The number of carbonyl (C=O) groups excluding carboxylic acids is 2. The molecule has 2 heterocycles. The number of carboxylic acids is 1. The molecule has 7 nitrogen and oxygen atoms in total. The Kier molecular flexibility index (Phi) is 4.70. The van der Waals surface area contributed by atoms with Crippen LogP contribution in [0.15, 0.2) is 0 Å². The van der Waals surface area contributed by atoms with Crippen LogP contribution >= 0.6 is 0 Å². The first-order valence-corrected chi connectivity index (χ1v) is 7.53. The van der Waals surface area contributed by atoms with Gasteiger partial charge in [0.1, 0.15) is 6.04 Å². The average molecular weight is 342 g/mol. The summed E-state index contributed by atoms with van der Waals surface area (Å²) in [5.41, 5.74) is -0.998. The van der Waals surface area contributed by atoms with Crippen molar-refractivity contribution < 1.29 is 28.3 Å². The lowest BCUT2D eigenvalue weighted by molar-refractivity contribution is -0.140. The molecule has 2 aliphatic rings. The molecule has 3 radical (unpaired) electrons. The maximum atomic E-state index is 13.4. The van der Waals surface area contributed by atoms with Crippen molar-refractivity contribution in [3.63, 3.8) is 0 Å². The molecular weight excluding hydrogens is 328 g/mol. The van der Waals surface area contributed by atoms with Crippen LogP contribution in [0, 0.1) is 17.2 Å². The zero-order valence-electron chi connectivity index (χ0n) is 12.0. The van der Waals surface area contributed by atoms with Gasteiger partial charge in [-0.2, -0.15) is 5.26 Å². The molecule has 0 saturated carbocycles. The minimum atomic E-state index is -3.12. The largest absolute Gasteiger partial charge is 0.481 e. The highest BCUT2D eigenvalue weighted by Crippen LogP contribution is 2.34. The van der Waals surface area contributed by atoms with E-state index in [0.717, 1.165) is 4.90 Å². The number of nitrogens with one attached hydrogen (secondary N) is 1. The van der Waals surface area contributed by atoms with E-state index in [2.05, 4.69) is 15.6 Å². The fraction of sp³-hybridized carbons (Fsp3) is 0.692. The van der Waals surface area contributed by atoms with Crippen LogP contribution in [0.4, 0.5) is 8.78 Å². The van der Waals surface area contributed by atoms with Gasteiger partial charge in [-0.15, -0.1) is 0 Å². The number of alkyl halides is 2. The Morgan fingerprint density at radius 3 is 2.78 bits per heavy atom. The fourth-order valence-corrected chi connectivity index (χ4v) is 3.28. The van der Waals surface area contributed by atoms with Crippen LogP contribution in [-0.4, -0.2) is 62.6 Å². The summed E-state index contributed by atoms with van der Waals surface area (Å²) in [7, 11) is 3.15. The Labute approximate surface area is 134 Å². The van der Waals surface area contributed by atoms with Crippen molar-refractivity contribution in [2.75, 3.05) is 6.54 Å². The number of likely N-dealkylation sites (tertiary alicyclic amines) is 1. The number of nitriles is 1. The summed E-state index contributed by atoms with van der Waals surface area (Å²) in [5, 5.41) is 20.2. The Bertz CT molecular complexity index is 580. The van der Waals surface area contributed by atoms with Crippen LogP contribution in [0.1, 0.15) is 19.3 Å². The third-order valence-corrected chi connectivity index (χ3v) is 4.68. The number of hydrogen-bond acceptors (Lipinski definition) is 4. The Morgan fingerprint density at radius 2 is 2.22 bits per heavy atom. The molecule has 2 amide bonds. The van der Waals surface area contributed by atoms with Crippen LogP contribution in [0.3, 0.4) is 0 Å². The SMILES string of the molecule is N#C[C@@H]1CC(F)(F)CN1C(=O)C([Si])C1C[C@@H](CC(=O)O)C(=O)N1. The minimum absolute atomic E-state index is 0.104. The second kappa shape index (κ2) is 6.23. The molecule has 4 atom stereocenters. The number of carbonyl (C=O) groups is 3. The average Bonchev–Trinajstić information content (AvgIpc) is 2.96. The molecule has 2 rings (SSSR count). The molecule has 0 bridgehead atoms. The normalized spacial score (nSPS) is 30.6. The number of nitrogens with zero attached hydrogens (tertiary/aromatic N) is 2. The first-order valence-electron chi connectivity index (χ1n) is 6.96. The molecule has 0 spiro atoms. The van der Waals surface area contributed by atoms with Gasteiger partial charge in [-0.1, -0.05) is 0 Å². The van der Waals surface area contributed by atoms with Crippen molar-refractivity contribution in [1.82, 2.24) is 10.2 Å². The number of hydrogen-bond donors (Lipinski definition) is 2. The van der Waals surface area contributed by atoms with Gasteiger partial charge in [0.15, 0.2) is 0 Å². The van der Waals surface area contributed by atoms with E-state index < -0.39 is 60.2 Å². The molecule has 0 aromatic rings. The lowest BCUT2D eigenvalue weighted by Crippen LogP contribution is -2.44. The predicted octanol–water partition coefficient (Wildman–Crippen LogP) is -0.317. The van der Waals surface area contributed by atoms with Gasteiger partial charge in [0.05, 0.1) is 25.0 Å². The number of aliphatic carboxylic acids is 1. The van der Waals surface area contributed by atoms with Crippen molar-refractivity contribution in [3.8, 4) is 6.07 Å². The van der Waals surface area contributed by atoms with Crippen LogP contribution in [-0.2, 0) is 14.4 Å². The number of rotatable bonds is 4. The van der Waals surface area contributed by atoms with Crippen molar-refractivity contribution in [1.29, 1.82) is 5.26 Å². The van der Waals surface area contributed by atoms with Crippen LogP contribution in [0.2, 0.25) is 5.54 Å². The van der Waals surface area contributed by atoms with E-state index in [4.69, 9.17) is 10.4 Å². The molecule has 0 aromatic carbocycles. The smallest absolute Gasteiger partial charge is 0.304 e. The lowest BCUT2D eigenvalue weighted by Gasteiger charge is -2.26. The quantitative estimate of drug-likeness (QED) is 0.681. The van der Waals surface area contributed by atoms with E-state index >= 15 is 0 Å². The number of halogens is 2. The summed E-state index contributed by atoms with van der Waals surface area (Å²) in [5.74, 6) is -6.22. The molecular formula is C13H14F2N3O4Si. The first kappa shape index (κ1) is 17.3. The fourth-order valence-electron chi connectivity index (χ4n) is 2.89. The second-order valence-corrected chi connectivity index (χ2v) is 6.42. The standard InChI is InChI=1S/C13H14F2N3O4Si/c14-13(15)3-7(4-16)18(5-13)12(22)10(23)8-1-6(2-9(19)20)11(21)17-8/h6-8,10H,1-3,5H2,(H,17,21)(H,19,20)/t6-,7-,8?,10?/m0/s1.